The summed E-state index contributed by atoms with van der Waals surface area (Å²) in [6.07, 6.45) is 0.318. The molecule has 0 aromatic heterocycles. The molecular weight excluding hydrogens is 604 g/mol. The fourth-order valence-corrected chi connectivity index (χ4v) is 4.76. The highest BCUT2D eigenvalue weighted by atomic mass is 35.5. The van der Waals surface area contributed by atoms with Crippen molar-refractivity contribution in [3.63, 3.8) is 0 Å². The summed E-state index contributed by atoms with van der Waals surface area (Å²) < 4.78 is 28.0. The largest absolute Gasteiger partial charge is 0.493 e. The van der Waals surface area contributed by atoms with E-state index in [1.54, 1.807) is 56.5 Å². The quantitative estimate of drug-likeness (QED) is 0.0870. The van der Waals surface area contributed by atoms with Gasteiger partial charge in [0.2, 0.25) is 0 Å². The molecule has 238 valence electrons. The first-order chi connectivity index (χ1) is 21.7. The molecule has 3 aromatic rings. The van der Waals surface area contributed by atoms with E-state index in [1.165, 1.54) is 13.3 Å². The van der Waals surface area contributed by atoms with Gasteiger partial charge in [0.1, 0.15) is 13.2 Å². The Balaban J connectivity index is 1.42. The standard InChI is InChI=1S/C32H35ClN4O8/c1-5-43-26-15-21(29-28(31(39)42-4)19(2)35-32(40)36-29)12-13-24(26)44-18-27(38)37-34-16-22-9-7-11-25(41-3)30(22)45-17-20-8-6-10-23(33)14-20/h6-16,27,29,37-38H,5,17-18H2,1-4H3,(H2,35,36,40)/b34-16+/t27-,29+/m0/s1. The van der Waals surface area contributed by atoms with Crippen molar-refractivity contribution in [3.8, 4) is 23.0 Å². The highest BCUT2D eigenvalue weighted by Gasteiger charge is 2.32. The van der Waals surface area contributed by atoms with Gasteiger partial charge in [-0.1, -0.05) is 35.9 Å². The van der Waals surface area contributed by atoms with E-state index >= 15 is 0 Å². The smallest absolute Gasteiger partial charge is 0.337 e. The molecule has 2 amide bonds. The molecule has 0 bridgehead atoms. The van der Waals surface area contributed by atoms with E-state index in [4.69, 9.17) is 35.3 Å². The molecular formula is C32H35ClN4O8. The summed E-state index contributed by atoms with van der Waals surface area (Å²) in [6.45, 7) is 3.84. The number of para-hydroxylation sites is 1. The molecule has 0 spiro atoms. The molecule has 0 aliphatic carbocycles. The van der Waals surface area contributed by atoms with Crippen molar-refractivity contribution in [2.45, 2.75) is 32.7 Å². The van der Waals surface area contributed by atoms with Gasteiger partial charge < -0.3 is 39.4 Å². The maximum atomic E-state index is 12.5. The van der Waals surface area contributed by atoms with Crippen LogP contribution in [-0.2, 0) is 16.1 Å². The van der Waals surface area contributed by atoms with Gasteiger partial charge in [0, 0.05) is 16.3 Å². The number of esters is 1. The molecule has 1 aliphatic rings. The van der Waals surface area contributed by atoms with Crippen molar-refractivity contribution in [1.29, 1.82) is 0 Å². The topological polar surface area (TPSA) is 149 Å². The van der Waals surface area contributed by atoms with E-state index in [1.807, 2.05) is 25.1 Å². The number of aliphatic hydroxyl groups excluding tert-OH is 1. The van der Waals surface area contributed by atoms with E-state index in [9.17, 15) is 14.7 Å². The number of methoxy groups -OCH3 is 2. The Morgan fingerprint density at radius 3 is 2.60 bits per heavy atom. The van der Waals surface area contributed by atoms with Crippen LogP contribution in [0.3, 0.4) is 0 Å². The van der Waals surface area contributed by atoms with E-state index in [0.29, 0.717) is 51.5 Å². The second-order valence-electron chi connectivity index (χ2n) is 9.71. The predicted octanol–water partition coefficient (Wildman–Crippen LogP) is 4.45. The second-order valence-corrected chi connectivity index (χ2v) is 10.1. The van der Waals surface area contributed by atoms with Gasteiger partial charge in [-0.3, -0.25) is 5.43 Å². The second kappa shape index (κ2) is 15.7. The van der Waals surface area contributed by atoms with Gasteiger partial charge >= 0.3 is 12.0 Å². The number of allylic oxidation sites excluding steroid dienone is 1. The molecule has 45 heavy (non-hydrogen) atoms. The lowest BCUT2D eigenvalue weighted by molar-refractivity contribution is -0.136. The van der Waals surface area contributed by atoms with E-state index in [2.05, 4.69) is 21.2 Å². The summed E-state index contributed by atoms with van der Waals surface area (Å²) >= 11 is 6.09. The number of urea groups is 1. The minimum atomic E-state index is -1.18. The van der Waals surface area contributed by atoms with Gasteiger partial charge in [0.05, 0.1) is 38.7 Å². The number of amides is 2. The maximum Gasteiger partial charge on any atom is 0.337 e. The van der Waals surface area contributed by atoms with E-state index in [-0.39, 0.29) is 18.8 Å². The third kappa shape index (κ3) is 8.58. The number of hydrazone groups is 1. The molecule has 3 aromatic carbocycles. The van der Waals surface area contributed by atoms with Gasteiger partial charge in [-0.15, -0.1) is 0 Å². The lowest BCUT2D eigenvalue weighted by Gasteiger charge is -2.28. The number of carbonyl (C=O) groups is 2. The number of rotatable bonds is 14. The Bertz CT molecular complexity index is 1580. The lowest BCUT2D eigenvalue weighted by atomic mass is 9.95. The van der Waals surface area contributed by atoms with Crippen LogP contribution in [0, 0.1) is 0 Å². The predicted molar refractivity (Wildman–Crippen MR) is 168 cm³/mol. The summed E-state index contributed by atoms with van der Waals surface area (Å²) in [6, 6.07) is 16.5. The summed E-state index contributed by atoms with van der Waals surface area (Å²) in [5, 5.41) is 20.6. The third-order valence-corrected chi connectivity index (χ3v) is 6.84. The van der Waals surface area contributed by atoms with E-state index in [0.717, 1.165) is 5.56 Å². The minimum absolute atomic E-state index is 0.177. The summed E-state index contributed by atoms with van der Waals surface area (Å²) in [5.74, 6) is 1.12. The number of nitrogens with one attached hydrogen (secondary N) is 3. The molecule has 4 N–H and O–H groups in total. The van der Waals surface area contributed by atoms with E-state index < -0.39 is 24.3 Å². The molecule has 0 fully saturated rings. The number of hydrogen-bond donors (Lipinski definition) is 4. The summed E-state index contributed by atoms with van der Waals surface area (Å²) in [5.41, 5.74) is 5.36. The van der Waals surface area contributed by atoms with Crippen LogP contribution in [-0.4, -0.2) is 57.0 Å². The fraction of sp³-hybridized carbons (Fsp3) is 0.281. The average Bonchev–Trinajstić information content (AvgIpc) is 3.02. The highest BCUT2D eigenvalue weighted by Crippen LogP contribution is 2.35. The number of halogens is 1. The van der Waals surface area contributed by atoms with Crippen molar-refractivity contribution in [2.24, 2.45) is 5.10 Å². The van der Waals surface area contributed by atoms with Crippen LogP contribution in [0.15, 0.2) is 77.0 Å². The molecule has 0 radical (unpaired) electrons. The Hall–Kier alpha value is -4.94. The number of nitrogens with zero attached hydrogens (tertiary/aromatic N) is 1. The van der Waals surface area contributed by atoms with Crippen LogP contribution in [0.4, 0.5) is 4.79 Å². The Labute approximate surface area is 265 Å². The van der Waals surface area contributed by atoms with Crippen molar-refractivity contribution in [3.05, 3.63) is 93.6 Å². The fourth-order valence-electron chi connectivity index (χ4n) is 4.55. The molecule has 12 nitrogen and oxygen atoms in total. The molecule has 1 heterocycles. The first kappa shape index (κ1) is 33.0. The van der Waals surface area contributed by atoms with Gasteiger partial charge in [-0.25, -0.2) is 9.59 Å². The number of benzene rings is 3. The molecule has 2 atom stereocenters. The van der Waals surface area contributed by atoms with Crippen LogP contribution in [0.2, 0.25) is 5.02 Å². The van der Waals surface area contributed by atoms with Crippen LogP contribution in [0.25, 0.3) is 0 Å². The number of carbonyl (C=O) groups excluding carboxylic acids is 2. The molecule has 13 heteroatoms. The number of hydrogen-bond acceptors (Lipinski definition) is 10. The van der Waals surface area contributed by atoms with Crippen LogP contribution in [0.1, 0.15) is 36.6 Å². The first-order valence-electron chi connectivity index (χ1n) is 14.0. The SMILES string of the molecule is CCOc1cc([C@H]2NC(=O)NC(C)=C2C(=O)OC)ccc1OC[C@H](O)N/N=C/c1cccc(OC)c1OCc1cccc(Cl)c1. The van der Waals surface area contributed by atoms with Gasteiger partial charge in [-0.05, 0) is 61.4 Å². The zero-order chi connectivity index (χ0) is 32.3. The number of aliphatic hydroxyl groups is 1. The van der Waals surface area contributed by atoms with Crippen molar-refractivity contribution < 1.29 is 38.4 Å². The first-order valence-corrected chi connectivity index (χ1v) is 14.4. The van der Waals surface area contributed by atoms with Crippen LogP contribution >= 0.6 is 11.6 Å². The monoisotopic (exact) mass is 638 g/mol. The zero-order valence-corrected chi connectivity index (χ0v) is 26.0. The molecule has 0 unspecified atom stereocenters. The Morgan fingerprint density at radius 2 is 1.87 bits per heavy atom. The average molecular weight is 639 g/mol. The van der Waals surface area contributed by atoms with Crippen LogP contribution in [0.5, 0.6) is 23.0 Å². The van der Waals surface area contributed by atoms with Crippen LogP contribution < -0.4 is 35.0 Å². The summed E-state index contributed by atoms with van der Waals surface area (Å²) in [4.78, 5) is 24.6. The van der Waals surface area contributed by atoms with Gasteiger partial charge in [0.25, 0.3) is 0 Å². The van der Waals surface area contributed by atoms with Crippen molar-refractivity contribution >= 4 is 29.8 Å². The third-order valence-electron chi connectivity index (χ3n) is 6.60. The summed E-state index contributed by atoms with van der Waals surface area (Å²) in [7, 11) is 2.82. The minimum Gasteiger partial charge on any atom is -0.493 e. The van der Waals surface area contributed by atoms with Gasteiger partial charge in [0.15, 0.2) is 29.2 Å². The van der Waals surface area contributed by atoms with Gasteiger partial charge in [-0.2, -0.15) is 5.10 Å². The molecule has 0 saturated carbocycles. The Morgan fingerprint density at radius 1 is 1.07 bits per heavy atom. The van der Waals surface area contributed by atoms with Crippen molar-refractivity contribution in [1.82, 2.24) is 16.1 Å². The zero-order valence-electron chi connectivity index (χ0n) is 25.3. The van der Waals surface area contributed by atoms with Crippen molar-refractivity contribution in [2.75, 3.05) is 27.4 Å². The lowest BCUT2D eigenvalue weighted by Crippen LogP contribution is -2.45. The normalized spacial score (nSPS) is 15.2. The molecule has 0 saturated heterocycles. The highest BCUT2D eigenvalue weighted by molar-refractivity contribution is 6.30. The Kier molecular flexibility index (Phi) is 11.5. The number of ether oxygens (including phenoxy) is 5. The maximum absolute atomic E-state index is 12.5. The molecule has 4 rings (SSSR count). The molecule has 1 aliphatic heterocycles.